The average Bonchev–Trinajstić information content (AvgIpc) is 0.856. The number of amides is 12. The molecule has 0 saturated carbocycles. The molecule has 1 aliphatic heterocycles. The number of carbonyl (C=O) groups excluding carboxylic acids is 12. The molecule has 1 fully saturated rings. The summed E-state index contributed by atoms with van der Waals surface area (Å²) >= 11 is 0. The van der Waals surface area contributed by atoms with Crippen molar-refractivity contribution >= 4 is 136 Å². The second-order valence-corrected chi connectivity index (χ2v) is 32.3. The van der Waals surface area contributed by atoms with Crippen molar-refractivity contribution < 1.29 is 127 Å². The van der Waals surface area contributed by atoms with E-state index in [1.54, 1.807) is 19.6 Å². The number of rotatable bonds is 69. The van der Waals surface area contributed by atoms with Crippen molar-refractivity contribution in [3.8, 4) is 0 Å². The zero-order chi connectivity index (χ0) is 102. The van der Waals surface area contributed by atoms with Crippen LogP contribution in [0.5, 0.6) is 0 Å². The maximum absolute atomic E-state index is 15.3. The Morgan fingerprint density at radius 3 is 0.693 bits per heavy atom. The van der Waals surface area contributed by atoms with Gasteiger partial charge in [-0.2, -0.15) is 0 Å². The molecule has 1 aliphatic rings. The van der Waals surface area contributed by atoms with E-state index in [1.807, 2.05) is 0 Å². The van der Waals surface area contributed by atoms with Crippen LogP contribution in [-0.4, -0.2) is 370 Å². The molecule has 0 aliphatic carbocycles. The summed E-state index contributed by atoms with van der Waals surface area (Å²) in [5.74, 6) is -16.4. The van der Waals surface area contributed by atoms with Crippen molar-refractivity contribution in [2.24, 2.45) is 51.6 Å². The number of carboxylic acids is 3. The number of nitrogens with two attached hydrogens (primary N) is 9. The van der Waals surface area contributed by atoms with Crippen LogP contribution in [0.1, 0.15) is 155 Å². The molecule has 0 bridgehead atoms. The summed E-state index contributed by atoms with van der Waals surface area (Å²) in [7, 11) is 0. The number of guanidine groups is 8. The van der Waals surface area contributed by atoms with Crippen LogP contribution in [-0.2, 0) is 71.9 Å². The number of nitrogens with zero attached hydrogens (tertiary/aromatic N) is 4. The largest absolute Gasteiger partial charge is 0.480 e. The van der Waals surface area contributed by atoms with Crippen molar-refractivity contribution in [2.75, 3.05) is 144 Å². The minimum absolute atomic E-state index is 0. The number of primary amides is 1. The molecule has 1 heterocycles. The van der Waals surface area contributed by atoms with E-state index < -0.39 is 167 Å². The summed E-state index contributed by atoms with van der Waals surface area (Å²) in [4.78, 5) is 211. The topological polar surface area (TPSA) is 983 Å². The molecular formula is C78H150GdN40O18. The monoisotopic (exact) mass is 2090 g/mol. The summed E-state index contributed by atoms with van der Waals surface area (Å²) in [6.45, 7) is 1.86. The van der Waals surface area contributed by atoms with Crippen LogP contribution in [0.4, 0.5) is 0 Å². The van der Waals surface area contributed by atoms with Crippen LogP contribution in [0.3, 0.4) is 0 Å². The Hall–Kier alpha value is -12.6. The van der Waals surface area contributed by atoms with Gasteiger partial charge >= 0.3 is 17.9 Å². The Morgan fingerprint density at radius 1 is 0.241 bits per heavy atom. The van der Waals surface area contributed by atoms with Gasteiger partial charge in [-0.25, -0.2) is 0 Å². The zero-order valence-corrected chi connectivity index (χ0v) is 80.1. The SMILES string of the molecule is CC(=O)NC(CCCNC(=N)N)C(=O)NC(CCCNC(=N)N)C(=O)NC(CCCCNC(=O)[C@H](CCCNC(=N)N)NC(=O)[C@H](CCCNC(=N)N)NC(=O)CCCCCNC(=O)CN1CCN(CC(=O)O)CCN(CC(=O)O)CCN(CC(=O)O)CC1)C(=O)N[C@@H](CCCNC(=N)N)C(=O)N[C@@H](CCCNC(=N)N)C(=O)N[C@@H](CCCNC(=N)N)C(=O)N[C@@H](CCCNC(=N)N)C(N)=O.[Gd]. The number of nitrogens with one attached hydrogen (secondary N) is 27. The molecule has 0 aromatic rings. The molecule has 0 spiro atoms. The minimum atomic E-state index is -1.66. The second-order valence-electron chi connectivity index (χ2n) is 32.3. The van der Waals surface area contributed by atoms with Gasteiger partial charge in [-0.05, 0) is 135 Å². The van der Waals surface area contributed by atoms with Crippen LogP contribution < -0.4 is 153 Å². The molecule has 778 valence electrons. The van der Waals surface area contributed by atoms with E-state index in [-0.39, 0.29) is 343 Å². The zero-order valence-electron chi connectivity index (χ0n) is 77.8. The van der Waals surface area contributed by atoms with E-state index in [4.69, 9.17) is 94.9 Å². The minimum Gasteiger partial charge on any atom is -0.480 e. The average molecular weight is 2090 g/mol. The molecule has 1 saturated heterocycles. The summed E-state index contributed by atoms with van der Waals surface area (Å²) < 4.78 is 0. The fraction of sp³-hybridized carbons (Fsp3) is 0.705. The summed E-state index contributed by atoms with van der Waals surface area (Å²) in [6.07, 6.45) is 0.383. The first-order valence-corrected chi connectivity index (χ1v) is 45.0. The predicted molar refractivity (Wildman–Crippen MR) is 502 cm³/mol. The first-order valence-electron chi connectivity index (χ1n) is 45.0. The predicted octanol–water partition coefficient (Wildman–Crippen LogP) is -12.6. The Balaban J connectivity index is 0.000185. The maximum atomic E-state index is 15.3. The smallest absolute Gasteiger partial charge is 0.317 e. The number of hydrogen-bond donors (Lipinski definition) is 39. The normalized spacial score (nSPS) is 14.4. The van der Waals surface area contributed by atoms with Crippen molar-refractivity contribution in [2.45, 2.75) is 209 Å². The van der Waals surface area contributed by atoms with Gasteiger partial charge in [0, 0.05) is 171 Å². The number of aliphatic carboxylic acids is 3. The third-order valence-corrected chi connectivity index (χ3v) is 20.7. The van der Waals surface area contributed by atoms with E-state index in [0.717, 1.165) is 6.92 Å². The van der Waals surface area contributed by atoms with Crippen molar-refractivity contribution in [1.29, 1.82) is 43.3 Å². The quantitative estimate of drug-likeness (QED) is 0.0153. The standard InChI is InChI=1S/C78H150N40O18.Gd/c1-47(119)106-50(18-9-29-100-73(84)85)64(130)111-54(21-12-32-103-76(90)91)68(134)110-52(67(133)113-55(22-13-33-104-77(92)93)70(136)114-56(23-14-34-105-78(94)95)69(135)112-53(20-11-31-102-75(88)89)66(132)108-48(62(79)128)16-7-27-98-71(80)81)15-4-6-26-97-63(129)49(17-8-28-99-72(82)83)109-65(131)51(19-10-30-101-74(86)87)107-57(120)24-3-2-5-25-96-58(121)43-115-35-37-116(44-59(122)123)39-41-118(46-61(126)127)42-40-117(38-36-115)45-60(124)125;/h48-56H,2-46H2,1H3,(H2,79,128)(H,96,121)(H,97,129)(H,106,119)(H,107,120)(H,108,132)(H,109,131)(H,110,134)(H,111,130)(H,112,135)(H,113,133)(H,114,136)(H,122,123)(H,124,125)(H,126,127)(H4,80,81,98)(H4,82,83,99)(H4,84,85,100)(H4,86,87,101)(H4,88,89,102)(H4,90,91,103)(H4,92,93,104)(H4,94,95,105);/t48-,49-,50?,51-,52?,53-,54?,55-,56-;/m0./s1. The Bertz CT molecular complexity index is 3880. The Morgan fingerprint density at radius 2 is 0.445 bits per heavy atom. The van der Waals surface area contributed by atoms with Gasteiger partial charge in [0.05, 0.1) is 26.2 Å². The van der Waals surface area contributed by atoms with E-state index in [1.165, 1.54) is 0 Å². The second kappa shape index (κ2) is 72.7. The van der Waals surface area contributed by atoms with Gasteiger partial charge in [0.15, 0.2) is 47.7 Å². The van der Waals surface area contributed by atoms with Crippen molar-refractivity contribution in [3.63, 3.8) is 0 Å². The number of hydrogen-bond acceptors (Lipinski definition) is 27. The third-order valence-electron chi connectivity index (χ3n) is 20.7. The molecule has 58 nitrogen and oxygen atoms in total. The fourth-order valence-electron chi connectivity index (χ4n) is 13.8. The molecule has 137 heavy (non-hydrogen) atoms. The van der Waals surface area contributed by atoms with E-state index in [0.29, 0.717) is 12.8 Å². The van der Waals surface area contributed by atoms with Gasteiger partial charge in [0.1, 0.15) is 54.4 Å². The molecule has 0 aromatic carbocycles. The summed E-state index contributed by atoms with van der Waals surface area (Å²) in [6, 6.07) is -13.0. The van der Waals surface area contributed by atoms with E-state index in [2.05, 4.69) is 101 Å². The van der Waals surface area contributed by atoms with Crippen LogP contribution >= 0.6 is 0 Å². The van der Waals surface area contributed by atoms with Gasteiger partial charge in [-0.3, -0.25) is 135 Å². The molecule has 59 heteroatoms. The molecule has 1 rings (SSSR count). The van der Waals surface area contributed by atoms with Crippen molar-refractivity contribution in [3.05, 3.63) is 0 Å². The molecule has 48 N–H and O–H groups in total. The molecule has 12 amide bonds. The Kier molecular flexibility index (Phi) is 66.0. The molecule has 3 unspecified atom stereocenters. The summed E-state index contributed by atoms with van der Waals surface area (Å²) in [5, 5.41) is 140. The van der Waals surface area contributed by atoms with Crippen molar-refractivity contribution in [1.82, 2.24) is 121 Å². The number of carbonyl (C=O) groups is 15. The third kappa shape index (κ3) is 64.1. The van der Waals surface area contributed by atoms with Crippen LogP contribution in [0, 0.1) is 83.2 Å². The van der Waals surface area contributed by atoms with Gasteiger partial charge < -0.3 is 168 Å². The molecule has 0 radical (unpaired) electrons. The Labute approximate surface area is 827 Å². The van der Waals surface area contributed by atoms with Gasteiger partial charge in [0.2, 0.25) is 70.9 Å². The van der Waals surface area contributed by atoms with Crippen LogP contribution in [0.25, 0.3) is 0 Å². The summed E-state index contributed by atoms with van der Waals surface area (Å²) in [5.41, 5.74) is 49.9. The van der Waals surface area contributed by atoms with E-state index >= 15 is 9.59 Å². The van der Waals surface area contributed by atoms with Crippen LogP contribution in [0.15, 0.2) is 0 Å². The number of unbranched alkanes of at least 4 members (excludes halogenated alkanes) is 3. The van der Waals surface area contributed by atoms with Gasteiger partial charge in [-0.1, -0.05) is 6.42 Å². The molecule has 0 aromatic heterocycles. The molecular weight excluding hydrogens is 1940 g/mol. The van der Waals surface area contributed by atoms with E-state index in [9.17, 15) is 77.6 Å². The maximum Gasteiger partial charge on any atom is 0.317 e. The first kappa shape index (κ1) is 124. The first-order chi connectivity index (χ1) is 64.3. The fourth-order valence-corrected chi connectivity index (χ4v) is 13.8. The molecule has 9 atom stereocenters. The van der Waals surface area contributed by atoms with Gasteiger partial charge in [-0.15, -0.1) is 0 Å². The number of carboxylic acid groups (broad SMARTS) is 3. The van der Waals surface area contributed by atoms with Gasteiger partial charge in [0.25, 0.3) is 0 Å². The van der Waals surface area contributed by atoms with Crippen LogP contribution in [0.2, 0.25) is 0 Å².